The van der Waals surface area contributed by atoms with E-state index >= 15 is 0 Å². The van der Waals surface area contributed by atoms with Gasteiger partial charge < -0.3 is 16.0 Å². The number of benzene rings is 1. The molecule has 0 spiro atoms. The van der Waals surface area contributed by atoms with Gasteiger partial charge in [-0.25, -0.2) is 4.98 Å². The van der Waals surface area contributed by atoms with E-state index in [2.05, 4.69) is 41.3 Å². The maximum atomic E-state index is 12.9. The van der Waals surface area contributed by atoms with Crippen LogP contribution in [0.4, 0.5) is 5.00 Å². The number of aromatic nitrogens is 2. The minimum absolute atomic E-state index is 0.0457. The molecule has 0 saturated carbocycles. The van der Waals surface area contributed by atoms with Crippen LogP contribution >= 0.6 is 34.4 Å². The number of primary amides is 1. The van der Waals surface area contributed by atoms with Gasteiger partial charge in [-0.2, -0.15) is 0 Å². The summed E-state index contributed by atoms with van der Waals surface area (Å²) in [5.41, 5.74) is 9.88. The highest BCUT2D eigenvalue weighted by molar-refractivity contribution is 7.99. The monoisotopic (exact) mass is 538 g/mol. The highest BCUT2D eigenvalue weighted by Gasteiger charge is 2.25. The van der Waals surface area contributed by atoms with E-state index < -0.39 is 5.91 Å². The van der Waals surface area contributed by atoms with Crippen LogP contribution in [0, 0.1) is 0 Å². The van der Waals surface area contributed by atoms with Crippen LogP contribution in [0.1, 0.15) is 59.0 Å². The molecule has 3 heterocycles. The number of nitrogens with two attached hydrogens (primary N) is 1. The van der Waals surface area contributed by atoms with Gasteiger partial charge in [0.15, 0.2) is 5.16 Å². The van der Waals surface area contributed by atoms with Crippen molar-refractivity contribution in [1.29, 1.82) is 0 Å². The van der Waals surface area contributed by atoms with Gasteiger partial charge in [0.05, 0.1) is 16.7 Å². The van der Waals surface area contributed by atoms with Gasteiger partial charge >= 0.3 is 0 Å². The van der Waals surface area contributed by atoms with Crippen molar-refractivity contribution in [2.24, 2.45) is 5.73 Å². The summed E-state index contributed by atoms with van der Waals surface area (Å²) in [6.07, 6.45) is 3.80. The Kier molecular flexibility index (Phi) is 7.00. The van der Waals surface area contributed by atoms with Gasteiger partial charge in [0.1, 0.15) is 9.83 Å². The Labute approximate surface area is 220 Å². The van der Waals surface area contributed by atoms with E-state index in [4.69, 9.17) is 5.73 Å². The molecule has 36 heavy (non-hydrogen) atoms. The van der Waals surface area contributed by atoms with E-state index in [0.717, 1.165) is 59.0 Å². The van der Waals surface area contributed by atoms with Crippen LogP contribution in [0.2, 0.25) is 0 Å². The Bertz CT molecular complexity index is 1520. The lowest BCUT2D eigenvalue weighted by molar-refractivity contribution is -0.113. The number of fused-ring (bicyclic) bond motifs is 2. The zero-order chi connectivity index (χ0) is 25.4. The van der Waals surface area contributed by atoms with E-state index in [1.165, 1.54) is 28.2 Å². The first-order chi connectivity index (χ1) is 17.3. The largest absolute Gasteiger partial charge is 0.365 e. The van der Waals surface area contributed by atoms with E-state index in [0.29, 0.717) is 31.9 Å². The van der Waals surface area contributed by atoms with Crippen molar-refractivity contribution in [3.63, 3.8) is 0 Å². The number of thioether (sulfide) groups is 1. The molecule has 1 aliphatic carbocycles. The fourth-order valence-corrected chi connectivity index (χ4v) is 7.45. The lowest BCUT2D eigenvalue weighted by atomic mass is 9.95. The SMILES string of the molecule is CC(C)c1ccc(-c2csc3nc(SCC(=O)Nc4sc5c(c4C(N)=O)CCCC5)[nH]c(=O)c23)cc1. The van der Waals surface area contributed by atoms with Crippen molar-refractivity contribution in [3.05, 3.63) is 61.6 Å². The second kappa shape index (κ2) is 10.2. The van der Waals surface area contributed by atoms with Crippen LogP contribution in [0.25, 0.3) is 21.3 Å². The summed E-state index contributed by atoms with van der Waals surface area (Å²) in [5, 5.41) is 6.25. The average Bonchev–Trinajstić information content (AvgIpc) is 3.44. The molecular weight excluding hydrogens is 513 g/mol. The number of anilines is 1. The molecule has 0 aliphatic heterocycles. The molecule has 3 aromatic heterocycles. The Morgan fingerprint density at radius 2 is 1.94 bits per heavy atom. The molecule has 0 fully saturated rings. The van der Waals surface area contributed by atoms with E-state index in [1.54, 1.807) is 0 Å². The summed E-state index contributed by atoms with van der Waals surface area (Å²) in [4.78, 5) is 46.8. The second-order valence-corrected chi connectivity index (χ2v) is 12.0. The minimum Gasteiger partial charge on any atom is -0.365 e. The number of amides is 2. The topological polar surface area (TPSA) is 118 Å². The van der Waals surface area contributed by atoms with Crippen LogP contribution in [0.5, 0.6) is 0 Å². The number of rotatable bonds is 7. The van der Waals surface area contributed by atoms with Crippen molar-refractivity contribution < 1.29 is 9.59 Å². The first-order valence-electron chi connectivity index (χ1n) is 11.8. The van der Waals surface area contributed by atoms with Crippen molar-refractivity contribution in [2.75, 3.05) is 11.1 Å². The van der Waals surface area contributed by atoms with Gasteiger partial charge in [0, 0.05) is 15.8 Å². The third kappa shape index (κ3) is 4.85. The number of aryl methyl sites for hydroxylation is 1. The van der Waals surface area contributed by atoms with Gasteiger partial charge in [0.2, 0.25) is 5.91 Å². The van der Waals surface area contributed by atoms with Gasteiger partial charge in [-0.05, 0) is 48.3 Å². The van der Waals surface area contributed by atoms with Gasteiger partial charge in [-0.15, -0.1) is 22.7 Å². The average molecular weight is 539 g/mol. The number of hydrogen-bond donors (Lipinski definition) is 3. The minimum atomic E-state index is -0.513. The normalized spacial score (nSPS) is 13.2. The predicted octanol–water partition coefficient (Wildman–Crippen LogP) is 5.55. The number of hydrogen-bond acceptors (Lipinski definition) is 7. The zero-order valence-corrected chi connectivity index (χ0v) is 22.4. The van der Waals surface area contributed by atoms with E-state index in [1.807, 2.05) is 17.5 Å². The number of H-pyrrole nitrogens is 1. The number of carbonyl (C=O) groups excluding carboxylic acids is 2. The lowest BCUT2D eigenvalue weighted by Gasteiger charge is -2.11. The van der Waals surface area contributed by atoms with E-state index in [9.17, 15) is 14.4 Å². The maximum absolute atomic E-state index is 12.9. The summed E-state index contributed by atoms with van der Waals surface area (Å²) < 4.78 is 0. The van der Waals surface area contributed by atoms with Gasteiger partial charge in [-0.3, -0.25) is 14.4 Å². The highest BCUT2D eigenvalue weighted by Crippen LogP contribution is 2.38. The third-order valence-electron chi connectivity index (χ3n) is 6.32. The standard InChI is InChI=1S/C26H26N4O3S3/c1-13(2)14-7-9-15(10-8-14)17-11-34-24-21(17)23(33)29-26(30-24)35-12-19(31)28-25-20(22(27)32)16-5-3-4-6-18(16)36-25/h7-11,13H,3-6,12H2,1-2H3,(H2,27,32)(H,28,31)(H,29,30,33). The molecule has 4 N–H and O–H groups in total. The molecule has 0 bridgehead atoms. The summed E-state index contributed by atoms with van der Waals surface area (Å²) in [5.74, 6) is -0.306. The van der Waals surface area contributed by atoms with Crippen molar-refractivity contribution in [2.45, 2.75) is 50.6 Å². The smallest absolute Gasteiger partial charge is 0.260 e. The molecule has 0 saturated heterocycles. The molecule has 2 amide bonds. The lowest BCUT2D eigenvalue weighted by Crippen LogP contribution is -2.19. The quantitative estimate of drug-likeness (QED) is 0.211. The number of aromatic amines is 1. The molecule has 1 aromatic carbocycles. The number of carbonyl (C=O) groups is 2. The summed E-state index contributed by atoms with van der Waals surface area (Å²) >= 11 is 4.00. The second-order valence-electron chi connectivity index (χ2n) is 9.09. The third-order valence-corrected chi connectivity index (χ3v) is 9.27. The Hall–Kier alpha value is -2.95. The highest BCUT2D eigenvalue weighted by atomic mass is 32.2. The van der Waals surface area contributed by atoms with Crippen molar-refractivity contribution in [3.8, 4) is 11.1 Å². The summed E-state index contributed by atoms with van der Waals surface area (Å²) in [7, 11) is 0. The molecule has 5 rings (SSSR count). The van der Waals surface area contributed by atoms with Crippen LogP contribution < -0.4 is 16.6 Å². The molecule has 0 atom stereocenters. The Morgan fingerprint density at radius 1 is 1.19 bits per heavy atom. The van der Waals surface area contributed by atoms with E-state index in [-0.39, 0.29) is 17.2 Å². The maximum Gasteiger partial charge on any atom is 0.260 e. The summed E-state index contributed by atoms with van der Waals surface area (Å²) in [6.45, 7) is 4.29. The van der Waals surface area contributed by atoms with Gasteiger partial charge in [0.25, 0.3) is 11.5 Å². The zero-order valence-electron chi connectivity index (χ0n) is 20.0. The molecule has 186 valence electrons. The molecule has 10 heteroatoms. The summed E-state index contributed by atoms with van der Waals surface area (Å²) in [6, 6.07) is 8.24. The fourth-order valence-electron chi connectivity index (χ4n) is 4.47. The van der Waals surface area contributed by atoms with Gasteiger partial charge in [-0.1, -0.05) is 49.9 Å². The molecule has 7 nitrogen and oxygen atoms in total. The molecule has 4 aromatic rings. The Morgan fingerprint density at radius 3 is 2.67 bits per heavy atom. The number of nitrogens with one attached hydrogen (secondary N) is 2. The van der Waals surface area contributed by atoms with Crippen LogP contribution in [-0.4, -0.2) is 27.5 Å². The van der Waals surface area contributed by atoms with Crippen LogP contribution in [0.3, 0.4) is 0 Å². The molecule has 0 unspecified atom stereocenters. The fraction of sp³-hybridized carbons (Fsp3) is 0.308. The number of thiophene rings is 2. The molecule has 0 radical (unpaired) electrons. The van der Waals surface area contributed by atoms with Crippen molar-refractivity contribution >= 4 is 61.5 Å². The predicted molar refractivity (Wildman–Crippen MR) is 149 cm³/mol. The Balaban J connectivity index is 1.31. The van der Waals surface area contributed by atoms with Crippen LogP contribution in [0.15, 0.2) is 39.6 Å². The molecule has 1 aliphatic rings. The number of nitrogens with zero attached hydrogens (tertiary/aromatic N) is 1. The first kappa shape index (κ1) is 24.7. The first-order valence-corrected chi connectivity index (χ1v) is 14.5. The van der Waals surface area contributed by atoms with Crippen LogP contribution in [-0.2, 0) is 17.6 Å². The van der Waals surface area contributed by atoms with Crippen molar-refractivity contribution in [1.82, 2.24) is 9.97 Å². The molecular formula is C26H26N4O3S3.